The molecule has 0 heterocycles. The number of rotatable bonds is 3. The Morgan fingerprint density at radius 3 is 2.08 bits per heavy atom. The largest absolute Gasteiger partial charge is 0.394 e. The molecule has 0 saturated heterocycles. The van der Waals surface area contributed by atoms with Crippen molar-refractivity contribution in [2.24, 2.45) is 11.3 Å². The van der Waals surface area contributed by atoms with Gasteiger partial charge in [0.1, 0.15) is 0 Å². The summed E-state index contributed by atoms with van der Waals surface area (Å²) in [6, 6.07) is -0.133. The molecule has 0 radical (unpaired) electrons. The zero-order chi connectivity index (χ0) is 10.6. The van der Waals surface area contributed by atoms with Crippen molar-refractivity contribution in [3.63, 3.8) is 0 Å². The van der Waals surface area contributed by atoms with E-state index in [2.05, 4.69) is 5.32 Å². The van der Waals surface area contributed by atoms with Gasteiger partial charge in [-0.1, -0.05) is 34.6 Å². The van der Waals surface area contributed by atoms with E-state index in [1.54, 1.807) is 0 Å². The molecular weight excluding hydrogens is 166 g/mol. The summed E-state index contributed by atoms with van der Waals surface area (Å²) in [7, 11) is 0. The average molecular weight is 187 g/mol. The second-order valence-electron chi connectivity index (χ2n) is 4.76. The third kappa shape index (κ3) is 4.27. The summed E-state index contributed by atoms with van der Waals surface area (Å²) in [4.78, 5) is 11.5. The van der Waals surface area contributed by atoms with Crippen LogP contribution >= 0.6 is 0 Å². The molecule has 0 aromatic rings. The maximum atomic E-state index is 11.5. The smallest absolute Gasteiger partial charge is 0.225 e. The predicted octanol–water partition coefficient (Wildman–Crippen LogP) is 1.17. The van der Waals surface area contributed by atoms with E-state index in [0.717, 1.165) is 0 Å². The third-order valence-electron chi connectivity index (χ3n) is 2.00. The molecule has 13 heavy (non-hydrogen) atoms. The van der Waals surface area contributed by atoms with E-state index in [1.165, 1.54) is 0 Å². The van der Waals surface area contributed by atoms with Crippen molar-refractivity contribution in [2.45, 2.75) is 40.7 Å². The number of hydrogen-bond donors (Lipinski definition) is 2. The van der Waals surface area contributed by atoms with Crippen LogP contribution < -0.4 is 5.32 Å². The Balaban J connectivity index is 4.18. The van der Waals surface area contributed by atoms with Gasteiger partial charge < -0.3 is 10.4 Å². The highest BCUT2D eigenvalue weighted by Gasteiger charge is 2.24. The molecule has 0 aliphatic carbocycles. The van der Waals surface area contributed by atoms with Crippen LogP contribution in [0.3, 0.4) is 0 Å². The van der Waals surface area contributed by atoms with Gasteiger partial charge in [0.2, 0.25) is 5.91 Å². The van der Waals surface area contributed by atoms with Gasteiger partial charge in [-0.3, -0.25) is 4.79 Å². The number of aliphatic hydroxyl groups excluding tert-OH is 1. The van der Waals surface area contributed by atoms with Crippen LogP contribution in [0.4, 0.5) is 0 Å². The quantitative estimate of drug-likeness (QED) is 0.696. The van der Waals surface area contributed by atoms with Crippen LogP contribution in [0.25, 0.3) is 0 Å². The van der Waals surface area contributed by atoms with Gasteiger partial charge in [0.25, 0.3) is 0 Å². The first-order chi connectivity index (χ1) is 5.79. The lowest BCUT2D eigenvalue weighted by atomic mass is 9.94. The van der Waals surface area contributed by atoms with Crippen molar-refractivity contribution >= 4 is 5.91 Å². The Morgan fingerprint density at radius 1 is 1.38 bits per heavy atom. The van der Waals surface area contributed by atoms with Crippen LogP contribution in [-0.4, -0.2) is 23.7 Å². The van der Waals surface area contributed by atoms with Crippen LogP contribution in [0, 0.1) is 11.3 Å². The minimum Gasteiger partial charge on any atom is -0.394 e. The van der Waals surface area contributed by atoms with Crippen LogP contribution in [0.1, 0.15) is 34.6 Å². The molecule has 0 aromatic heterocycles. The maximum Gasteiger partial charge on any atom is 0.225 e. The first kappa shape index (κ1) is 12.4. The Morgan fingerprint density at radius 2 is 1.85 bits per heavy atom. The number of carbonyl (C=O) groups excluding carboxylic acids is 1. The molecule has 0 saturated carbocycles. The molecule has 0 rings (SSSR count). The summed E-state index contributed by atoms with van der Waals surface area (Å²) in [6.45, 7) is 9.53. The number of carbonyl (C=O) groups is 1. The molecule has 0 aliphatic rings. The van der Waals surface area contributed by atoms with Gasteiger partial charge in [-0.2, -0.15) is 0 Å². The Hall–Kier alpha value is -0.570. The molecule has 0 spiro atoms. The fourth-order valence-electron chi connectivity index (χ4n) is 0.808. The van der Waals surface area contributed by atoms with Gasteiger partial charge >= 0.3 is 0 Å². The summed E-state index contributed by atoms with van der Waals surface area (Å²) in [5.41, 5.74) is -0.387. The molecule has 3 heteroatoms. The van der Waals surface area contributed by atoms with Gasteiger partial charge in [-0.05, 0) is 5.92 Å². The standard InChI is InChI=1S/C10H21NO2/c1-7(2)8(6-12)11-9(13)10(3,4)5/h7-8,12H,6H2,1-5H3,(H,11,13)/t8-/m1/s1. The average Bonchev–Trinajstić information content (AvgIpc) is 1.96. The lowest BCUT2D eigenvalue weighted by molar-refractivity contribution is -0.129. The van der Waals surface area contributed by atoms with Crippen LogP contribution in [0.15, 0.2) is 0 Å². The summed E-state index contributed by atoms with van der Waals surface area (Å²) in [5.74, 6) is 0.247. The highest BCUT2D eigenvalue weighted by Crippen LogP contribution is 2.14. The van der Waals surface area contributed by atoms with E-state index in [1.807, 2.05) is 34.6 Å². The van der Waals surface area contributed by atoms with Gasteiger partial charge in [-0.25, -0.2) is 0 Å². The monoisotopic (exact) mass is 187 g/mol. The van der Waals surface area contributed by atoms with Crippen molar-refractivity contribution in [3.05, 3.63) is 0 Å². The fourth-order valence-corrected chi connectivity index (χ4v) is 0.808. The number of aliphatic hydroxyl groups is 1. The van der Waals surface area contributed by atoms with Crippen molar-refractivity contribution in [3.8, 4) is 0 Å². The SMILES string of the molecule is CC(C)[C@@H](CO)NC(=O)C(C)(C)C. The van der Waals surface area contributed by atoms with E-state index >= 15 is 0 Å². The first-order valence-electron chi connectivity index (χ1n) is 4.71. The highest BCUT2D eigenvalue weighted by molar-refractivity contribution is 5.81. The summed E-state index contributed by atoms with van der Waals surface area (Å²) in [5, 5.41) is 11.8. The minimum atomic E-state index is -0.387. The molecule has 0 bridgehead atoms. The Labute approximate surface area is 80.5 Å². The first-order valence-corrected chi connectivity index (χ1v) is 4.71. The minimum absolute atomic E-state index is 0.000509. The van der Waals surface area contributed by atoms with Crippen molar-refractivity contribution in [2.75, 3.05) is 6.61 Å². The number of nitrogens with one attached hydrogen (secondary N) is 1. The topological polar surface area (TPSA) is 49.3 Å². The van der Waals surface area contributed by atoms with Crippen LogP contribution in [-0.2, 0) is 4.79 Å². The molecule has 3 nitrogen and oxygen atoms in total. The molecular formula is C10H21NO2. The summed E-state index contributed by atoms with van der Waals surface area (Å²) < 4.78 is 0. The fraction of sp³-hybridized carbons (Fsp3) is 0.900. The molecule has 0 unspecified atom stereocenters. The predicted molar refractivity (Wildman–Crippen MR) is 53.3 cm³/mol. The number of hydrogen-bond acceptors (Lipinski definition) is 2. The Kier molecular flexibility index (Phi) is 4.40. The van der Waals surface area contributed by atoms with Gasteiger partial charge in [-0.15, -0.1) is 0 Å². The molecule has 1 amide bonds. The molecule has 78 valence electrons. The van der Waals surface area contributed by atoms with Gasteiger partial charge in [0.15, 0.2) is 0 Å². The lowest BCUT2D eigenvalue weighted by Gasteiger charge is -2.25. The molecule has 1 atom stereocenters. The lowest BCUT2D eigenvalue weighted by Crippen LogP contribution is -2.46. The normalized spacial score (nSPS) is 14.4. The highest BCUT2D eigenvalue weighted by atomic mass is 16.3. The van der Waals surface area contributed by atoms with Gasteiger partial charge in [0.05, 0.1) is 12.6 Å². The summed E-state index contributed by atoms with van der Waals surface area (Å²) >= 11 is 0. The molecule has 0 aromatic carbocycles. The second kappa shape index (κ2) is 4.61. The van der Waals surface area contributed by atoms with Crippen molar-refractivity contribution in [1.82, 2.24) is 5.32 Å². The third-order valence-corrected chi connectivity index (χ3v) is 2.00. The second-order valence-corrected chi connectivity index (χ2v) is 4.76. The number of amides is 1. The van der Waals surface area contributed by atoms with E-state index in [-0.39, 0.29) is 29.9 Å². The van der Waals surface area contributed by atoms with E-state index in [0.29, 0.717) is 0 Å². The molecule has 2 N–H and O–H groups in total. The molecule has 0 aliphatic heterocycles. The molecule has 0 fully saturated rings. The Bertz CT molecular complexity index is 170. The zero-order valence-electron chi connectivity index (χ0n) is 9.22. The van der Waals surface area contributed by atoms with E-state index in [4.69, 9.17) is 5.11 Å². The van der Waals surface area contributed by atoms with E-state index < -0.39 is 0 Å². The van der Waals surface area contributed by atoms with Crippen molar-refractivity contribution < 1.29 is 9.90 Å². The maximum absolute atomic E-state index is 11.5. The van der Waals surface area contributed by atoms with Crippen molar-refractivity contribution in [1.29, 1.82) is 0 Å². The van der Waals surface area contributed by atoms with Gasteiger partial charge in [0, 0.05) is 5.41 Å². The zero-order valence-corrected chi connectivity index (χ0v) is 9.22. The summed E-state index contributed by atoms with van der Waals surface area (Å²) in [6.07, 6.45) is 0. The van der Waals surface area contributed by atoms with Crippen LogP contribution in [0.2, 0.25) is 0 Å². The van der Waals surface area contributed by atoms with Crippen LogP contribution in [0.5, 0.6) is 0 Å². The van der Waals surface area contributed by atoms with E-state index in [9.17, 15) is 4.79 Å².